The highest BCUT2D eigenvalue weighted by molar-refractivity contribution is 6.29. The van der Waals surface area contributed by atoms with Crippen LogP contribution in [0.1, 0.15) is 43.4 Å². The van der Waals surface area contributed by atoms with Crippen LogP contribution in [0, 0.1) is 12.8 Å². The van der Waals surface area contributed by atoms with E-state index in [2.05, 4.69) is 12.0 Å². The van der Waals surface area contributed by atoms with E-state index in [4.69, 9.17) is 16.6 Å². The zero-order valence-corrected chi connectivity index (χ0v) is 10.9. The Kier molecular flexibility index (Phi) is 2.58. The van der Waals surface area contributed by atoms with Crippen LogP contribution in [0.2, 0.25) is 5.15 Å². The van der Waals surface area contributed by atoms with E-state index in [9.17, 15) is 0 Å². The highest BCUT2D eigenvalue weighted by Gasteiger charge is 2.26. The van der Waals surface area contributed by atoms with E-state index in [1.165, 1.54) is 19.3 Å². The molecule has 0 aliphatic heterocycles. The van der Waals surface area contributed by atoms with E-state index in [1.807, 2.05) is 19.2 Å². The molecular weight excluding hydrogens is 234 g/mol. The molecule has 4 heteroatoms. The number of aromatic nitrogens is 3. The number of fused-ring (bicyclic) bond motifs is 1. The second kappa shape index (κ2) is 3.98. The smallest absolute Gasteiger partial charge is 0.159 e. The van der Waals surface area contributed by atoms with Gasteiger partial charge in [0.2, 0.25) is 0 Å². The number of halogens is 1. The molecule has 17 heavy (non-hydrogen) atoms. The van der Waals surface area contributed by atoms with Crippen LogP contribution in [0.4, 0.5) is 0 Å². The normalized spacial score (nSPS) is 18.3. The van der Waals surface area contributed by atoms with Gasteiger partial charge in [-0.05, 0) is 31.7 Å². The molecule has 0 radical (unpaired) electrons. The van der Waals surface area contributed by atoms with Crippen LogP contribution >= 0.6 is 11.6 Å². The fourth-order valence-electron chi connectivity index (χ4n) is 2.47. The van der Waals surface area contributed by atoms with Crippen LogP contribution < -0.4 is 0 Å². The van der Waals surface area contributed by atoms with Crippen molar-refractivity contribution in [1.29, 1.82) is 0 Å². The molecular formula is C13H16ClN3. The molecule has 2 aromatic heterocycles. The minimum absolute atomic E-state index is 0.501. The van der Waals surface area contributed by atoms with E-state index in [0.29, 0.717) is 11.1 Å². The van der Waals surface area contributed by atoms with Gasteiger partial charge in [0.25, 0.3) is 0 Å². The van der Waals surface area contributed by atoms with E-state index in [-0.39, 0.29) is 0 Å². The summed E-state index contributed by atoms with van der Waals surface area (Å²) in [5.74, 6) is 1.28. The molecule has 1 unspecified atom stereocenters. The molecule has 0 bridgehead atoms. The Hall–Kier alpha value is -1.09. The predicted octanol–water partition coefficient (Wildman–Crippen LogP) is 3.59. The van der Waals surface area contributed by atoms with Crippen molar-refractivity contribution in [2.45, 2.75) is 39.0 Å². The zero-order valence-electron chi connectivity index (χ0n) is 10.2. The van der Waals surface area contributed by atoms with Crippen molar-refractivity contribution >= 4 is 17.2 Å². The van der Waals surface area contributed by atoms with Crippen LogP contribution in [-0.2, 0) is 0 Å². The molecule has 90 valence electrons. The Morgan fingerprint density at radius 1 is 1.47 bits per heavy atom. The first kappa shape index (κ1) is 11.0. The molecule has 1 atom stereocenters. The molecule has 0 aromatic carbocycles. The summed E-state index contributed by atoms with van der Waals surface area (Å²) in [5, 5.41) is 4.88. The monoisotopic (exact) mass is 249 g/mol. The quantitative estimate of drug-likeness (QED) is 0.762. The summed E-state index contributed by atoms with van der Waals surface area (Å²) in [7, 11) is 0. The van der Waals surface area contributed by atoms with Crippen molar-refractivity contribution < 1.29 is 0 Å². The summed E-state index contributed by atoms with van der Waals surface area (Å²) < 4.78 is 1.70. The van der Waals surface area contributed by atoms with E-state index < -0.39 is 0 Å². The Labute approximate surface area is 106 Å². The second-order valence-corrected chi connectivity index (χ2v) is 5.43. The molecule has 2 aromatic rings. The molecule has 0 saturated heterocycles. The predicted molar refractivity (Wildman–Crippen MR) is 68.5 cm³/mol. The Balaban J connectivity index is 2.07. The first-order valence-electron chi connectivity index (χ1n) is 6.17. The molecule has 0 amide bonds. The minimum atomic E-state index is 0.501. The van der Waals surface area contributed by atoms with Crippen molar-refractivity contribution in [1.82, 2.24) is 14.6 Å². The fourth-order valence-corrected chi connectivity index (χ4v) is 2.70. The number of hydrogen-bond donors (Lipinski definition) is 0. The first-order valence-corrected chi connectivity index (χ1v) is 6.55. The molecule has 1 aliphatic rings. The van der Waals surface area contributed by atoms with Gasteiger partial charge in [-0.2, -0.15) is 5.10 Å². The van der Waals surface area contributed by atoms with Crippen LogP contribution in [0.25, 0.3) is 5.65 Å². The van der Waals surface area contributed by atoms with Crippen LogP contribution in [0.15, 0.2) is 12.3 Å². The lowest BCUT2D eigenvalue weighted by Gasteiger charge is -2.31. The third-order valence-corrected chi connectivity index (χ3v) is 4.22. The number of hydrogen-bond acceptors (Lipinski definition) is 2. The van der Waals surface area contributed by atoms with Gasteiger partial charge in [0.15, 0.2) is 5.65 Å². The molecule has 1 aliphatic carbocycles. The Bertz CT molecular complexity index is 557. The average molecular weight is 250 g/mol. The van der Waals surface area contributed by atoms with Gasteiger partial charge in [0, 0.05) is 17.2 Å². The van der Waals surface area contributed by atoms with Gasteiger partial charge >= 0.3 is 0 Å². The van der Waals surface area contributed by atoms with Crippen LogP contribution in [0.3, 0.4) is 0 Å². The molecule has 3 nitrogen and oxygen atoms in total. The van der Waals surface area contributed by atoms with Gasteiger partial charge in [-0.15, -0.1) is 0 Å². The summed E-state index contributed by atoms with van der Waals surface area (Å²) in [6.07, 6.45) is 5.82. The van der Waals surface area contributed by atoms with Crippen LogP contribution in [-0.4, -0.2) is 14.6 Å². The third kappa shape index (κ3) is 1.73. The Morgan fingerprint density at radius 2 is 2.24 bits per heavy atom. The number of nitrogens with zero attached hydrogens (tertiary/aromatic N) is 3. The molecule has 1 saturated carbocycles. The molecule has 1 fully saturated rings. The second-order valence-electron chi connectivity index (χ2n) is 5.05. The maximum atomic E-state index is 6.25. The van der Waals surface area contributed by atoms with Crippen molar-refractivity contribution in [3.8, 4) is 0 Å². The molecule has 3 rings (SSSR count). The maximum Gasteiger partial charge on any atom is 0.159 e. The lowest BCUT2D eigenvalue weighted by molar-refractivity contribution is 0.269. The largest absolute Gasteiger partial charge is 0.233 e. The van der Waals surface area contributed by atoms with Gasteiger partial charge in [0.1, 0.15) is 5.15 Å². The van der Waals surface area contributed by atoms with Crippen molar-refractivity contribution in [3.63, 3.8) is 0 Å². The summed E-state index contributed by atoms with van der Waals surface area (Å²) in [6.45, 7) is 4.27. The number of rotatable bonds is 2. The highest BCUT2D eigenvalue weighted by atomic mass is 35.5. The van der Waals surface area contributed by atoms with Gasteiger partial charge in [-0.25, -0.2) is 9.50 Å². The Morgan fingerprint density at radius 3 is 2.88 bits per heavy atom. The SMILES string of the molecule is Cc1cnn2c(Cl)cc(C(C)C3CCC3)nc12. The summed E-state index contributed by atoms with van der Waals surface area (Å²) >= 11 is 6.25. The maximum absolute atomic E-state index is 6.25. The van der Waals surface area contributed by atoms with Crippen LogP contribution in [0.5, 0.6) is 0 Å². The zero-order chi connectivity index (χ0) is 12.0. The van der Waals surface area contributed by atoms with E-state index in [1.54, 1.807) is 4.52 Å². The molecule has 2 heterocycles. The molecule has 0 N–H and O–H groups in total. The average Bonchev–Trinajstić information content (AvgIpc) is 2.58. The van der Waals surface area contributed by atoms with E-state index >= 15 is 0 Å². The lowest BCUT2D eigenvalue weighted by Crippen LogP contribution is -2.19. The molecule has 0 spiro atoms. The standard InChI is InChI=1S/C13H16ClN3/c1-8-7-15-17-12(14)6-11(16-13(8)17)9(2)10-4-3-5-10/h6-7,9-10H,3-5H2,1-2H3. The van der Waals surface area contributed by atoms with Crippen molar-refractivity contribution in [2.75, 3.05) is 0 Å². The van der Waals surface area contributed by atoms with Gasteiger partial charge < -0.3 is 0 Å². The van der Waals surface area contributed by atoms with E-state index in [0.717, 1.165) is 22.8 Å². The summed E-state index contributed by atoms with van der Waals surface area (Å²) in [4.78, 5) is 4.71. The lowest BCUT2D eigenvalue weighted by atomic mass is 9.75. The highest BCUT2D eigenvalue weighted by Crippen LogP contribution is 2.38. The van der Waals surface area contributed by atoms with Crippen molar-refractivity contribution in [2.24, 2.45) is 5.92 Å². The topological polar surface area (TPSA) is 30.2 Å². The van der Waals surface area contributed by atoms with Gasteiger partial charge in [0.05, 0.1) is 6.20 Å². The van der Waals surface area contributed by atoms with Gasteiger partial charge in [-0.3, -0.25) is 0 Å². The number of aryl methyl sites for hydroxylation is 1. The summed E-state index contributed by atoms with van der Waals surface area (Å²) in [5.41, 5.74) is 3.07. The fraction of sp³-hybridized carbons (Fsp3) is 0.538. The van der Waals surface area contributed by atoms with Crippen molar-refractivity contribution in [3.05, 3.63) is 28.7 Å². The summed E-state index contributed by atoms with van der Waals surface area (Å²) in [6, 6.07) is 1.96. The first-order chi connectivity index (χ1) is 8.16. The third-order valence-electron chi connectivity index (χ3n) is 3.95. The van der Waals surface area contributed by atoms with Gasteiger partial charge in [-0.1, -0.05) is 24.9 Å². The minimum Gasteiger partial charge on any atom is -0.233 e.